The van der Waals surface area contributed by atoms with Crippen molar-refractivity contribution in [2.45, 2.75) is 62.7 Å². The molecule has 19 heavy (non-hydrogen) atoms. The lowest BCUT2D eigenvalue weighted by Crippen LogP contribution is -2.58. The summed E-state index contributed by atoms with van der Waals surface area (Å²) in [6.45, 7) is 2.17. The first-order valence-corrected chi connectivity index (χ1v) is 7.63. The fraction of sp³-hybridized carbons (Fsp3) is 0.929. The highest BCUT2D eigenvalue weighted by Gasteiger charge is 2.37. The molecule has 3 aliphatic rings. The zero-order valence-electron chi connectivity index (χ0n) is 11.5. The molecule has 1 atom stereocenters. The monoisotopic (exact) mass is 267 g/mol. The molecule has 3 N–H and O–H groups in total. The second-order valence-corrected chi connectivity index (χ2v) is 6.18. The van der Waals surface area contributed by atoms with Crippen LogP contribution in [0.15, 0.2) is 0 Å². The van der Waals surface area contributed by atoms with Crippen molar-refractivity contribution in [2.24, 2.45) is 5.73 Å². The quantitative estimate of drug-likeness (QED) is 0.768. The van der Waals surface area contributed by atoms with Crippen LogP contribution in [0.4, 0.5) is 0 Å². The van der Waals surface area contributed by atoms with E-state index in [4.69, 9.17) is 10.5 Å². The molecule has 5 nitrogen and oxygen atoms in total. The second-order valence-electron chi connectivity index (χ2n) is 6.18. The molecular weight excluding hydrogens is 242 g/mol. The van der Waals surface area contributed by atoms with E-state index in [1.54, 1.807) is 0 Å². The van der Waals surface area contributed by atoms with Gasteiger partial charge in [-0.2, -0.15) is 0 Å². The highest BCUT2D eigenvalue weighted by Crippen LogP contribution is 2.26. The van der Waals surface area contributed by atoms with Crippen molar-refractivity contribution in [3.63, 3.8) is 0 Å². The Balaban J connectivity index is 1.60. The Morgan fingerprint density at radius 1 is 1.16 bits per heavy atom. The van der Waals surface area contributed by atoms with Crippen LogP contribution in [0, 0.1) is 0 Å². The van der Waals surface area contributed by atoms with Gasteiger partial charge in [-0.1, -0.05) is 0 Å². The number of hydrogen-bond acceptors (Lipinski definition) is 4. The predicted molar refractivity (Wildman–Crippen MR) is 72.7 cm³/mol. The third-order valence-electron chi connectivity index (χ3n) is 4.61. The summed E-state index contributed by atoms with van der Waals surface area (Å²) >= 11 is 0. The van der Waals surface area contributed by atoms with Crippen molar-refractivity contribution in [3.05, 3.63) is 0 Å². The Morgan fingerprint density at radius 3 is 2.58 bits per heavy atom. The smallest absolute Gasteiger partial charge is 0.239 e. The molecule has 1 aliphatic heterocycles. The van der Waals surface area contributed by atoms with Gasteiger partial charge in [0, 0.05) is 24.7 Å². The van der Waals surface area contributed by atoms with E-state index in [0.29, 0.717) is 24.7 Å². The average Bonchev–Trinajstić information content (AvgIpc) is 3.23. The molecule has 3 rings (SSSR count). The van der Waals surface area contributed by atoms with Gasteiger partial charge in [-0.3, -0.25) is 9.69 Å². The predicted octanol–water partition coefficient (Wildman–Crippen LogP) is 0.236. The number of carbonyl (C=O) groups excluding carboxylic acids is 1. The summed E-state index contributed by atoms with van der Waals surface area (Å²) in [5.74, 6) is 0.164. The molecular formula is C14H25N3O2. The van der Waals surface area contributed by atoms with Crippen molar-refractivity contribution in [1.29, 1.82) is 0 Å². The van der Waals surface area contributed by atoms with Crippen LogP contribution in [0.3, 0.4) is 0 Å². The lowest BCUT2D eigenvalue weighted by Gasteiger charge is -2.42. The summed E-state index contributed by atoms with van der Waals surface area (Å²) in [7, 11) is 0. The Hall–Kier alpha value is -0.650. The minimum Gasteiger partial charge on any atom is -0.378 e. The van der Waals surface area contributed by atoms with Gasteiger partial charge in [0.05, 0.1) is 13.2 Å². The number of nitrogens with two attached hydrogens (primary N) is 1. The zero-order chi connectivity index (χ0) is 13.2. The van der Waals surface area contributed by atoms with Gasteiger partial charge in [-0.15, -0.1) is 0 Å². The molecule has 0 bridgehead atoms. The van der Waals surface area contributed by atoms with Crippen LogP contribution in [0.2, 0.25) is 0 Å². The molecule has 0 radical (unpaired) electrons. The SMILES string of the molecule is NC1CCC(N2CCOCC2C(=O)NC2CC2)CC1. The fourth-order valence-corrected chi connectivity index (χ4v) is 3.24. The molecule has 0 aromatic carbocycles. The Morgan fingerprint density at radius 2 is 1.89 bits per heavy atom. The number of amides is 1. The molecule has 0 spiro atoms. The number of hydrogen-bond donors (Lipinski definition) is 2. The topological polar surface area (TPSA) is 67.6 Å². The molecule has 1 saturated heterocycles. The molecule has 2 aliphatic carbocycles. The van der Waals surface area contributed by atoms with E-state index in [2.05, 4.69) is 10.2 Å². The molecule has 0 aromatic heterocycles. The van der Waals surface area contributed by atoms with E-state index in [-0.39, 0.29) is 11.9 Å². The maximum atomic E-state index is 12.3. The van der Waals surface area contributed by atoms with E-state index >= 15 is 0 Å². The van der Waals surface area contributed by atoms with Crippen LogP contribution >= 0.6 is 0 Å². The molecule has 3 fully saturated rings. The molecule has 5 heteroatoms. The summed E-state index contributed by atoms with van der Waals surface area (Å²) in [5.41, 5.74) is 5.97. The first kappa shape index (κ1) is 13.3. The lowest BCUT2D eigenvalue weighted by atomic mass is 9.89. The van der Waals surface area contributed by atoms with Crippen LogP contribution in [0.1, 0.15) is 38.5 Å². The first-order chi connectivity index (χ1) is 9.24. The van der Waals surface area contributed by atoms with Crippen molar-refractivity contribution in [1.82, 2.24) is 10.2 Å². The Bertz CT molecular complexity index is 325. The molecule has 1 heterocycles. The van der Waals surface area contributed by atoms with E-state index < -0.39 is 0 Å². The maximum absolute atomic E-state index is 12.3. The van der Waals surface area contributed by atoms with Gasteiger partial charge in [-0.25, -0.2) is 0 Å². The summed E-state index contributed by atoms with van der Waals surface area (Å²) in [6, 6.07) is 1.21. The zero-order valence-corrected chi connectivity index (χ0v) is 11.5. The van der Waals surface area contributed by atoms with Crippen LogP contribution in [-0.2, 0) is 9.53 Å². The Labute approximate surface area is 114 Å². The lowest BCUT2D eigenvalue weighted by molar-refractivity contribution is -0.135. The number of carbonyl (C=O) groups is 1. The molecule has 1 amide bonds. The average molecular weight is 267 g/mol. The summed E-state index contributed by atoms with van der Waals surface area (Å²) in [5, 5.41) is 3.12. The van der Waals surface area contributed by atoms with Crippen LogP contribution in [-0.4, -0.2) is 54.7 Å². The van der Waals surface area contributed by atoms with Gasteiger partial charge in [-0.05, 0) is 38.5 Å². The van der Waals surface area contributed by atoms with Gasteiger partial charge in [0.15, 0.2) is 0 Å². The third kappa shape index (κ3) is 3.27. The van der Waals surface area contributed by atoms with Crippen LogP contribution < -0.4 is 11.1 Å². The van der Waals surface area contributed by atoms with Crippen LogP contribution in [0.25, 0.3) is 0 Å². The van der Waals surface area contributed by atoms with Gasteiger partial charge in [0.1, 0.15) is 6.04 Å². The maximum Gasteiger partial charge on any atom is 0.239 e. The second kappa shape index (κ2) is 5.77. The standard InChI is InChI=1S/C14H25N3O2/c15-10-1-5-12(6-2-10)17-7-8-19-9-13(17)14(18)16-11-3-4-11/h10-13H,1-9,15H2,(H,16,18). The van der Waals surface area contributed by atoms with Crippen LogP contribution in [0.5, 0.6) is 0 Å². The summed E-state index contributed by atoms with van der Waals surface area (Å²) in [4.78, 5) is 14.7. The van der Waals surface area contributed by atoms with E-state index in [1.807, 2.05) is 0 Å². The molecule has 1 unspecified atom stereocenters. The highest BCUT2D eigenvalue weighted by atomic mass is 16.5. The van der Waals surface area contributed by atoms with Gasteiger partial charge in [0.25, 0.3) is 0 Å². The van der Waals surface area contributed by atoms with Crippen molar-refractivity contribution in [3.8, 4) is 0 Å². The van der Waals surface area contributed by atoms with Crippen molar-refractivity contribution < 1.29 is 9.53 Å². The fourth-order valence-electron chi connectivity index (χ4n) is 3.24. The van der Waals surface area contributed by atoms with E-state index in [1.165, 1.54) is 0 Å². The number of rotatable bonds is 3. The van der Waals surface area contributed by atoms with Gasteiger partial charge >= 0.3 is 0 Å². The molecule has 108 valence electrons. The third-order valence-corrected chi connectivity index (χ3v) is 4.61. The molecule has 0 aromatic rings. The van der Waals surface area contributed by atoms with Gasteiger partial charge < -0.3 is 15.8 Å². The van der Waals surface area contributed by atoms with Gasteiger partial charge in [0.2, 0.25) is 5.91 Å². The minimum atomic E-state index is -0.0892. The number of nitrogens with zero attached hydrogens (tertiary/aromatic N) is 1. The largest absolute Gasteiger partial charge is 0.378 e. The normalized spacial score (nSPS) is 37.0. The number of nitrogens with one attached hydrogen (secondary N) is 1. The first-order valence-electron chi connectivity index (χ1n) is 7.63. The van der Waals surface area contributed by atoms with E-state index in [0.717, 1.165) is 51.7 Å². The number of morpholine rings is 1. The summed E-state index contributed by atoms with van der Waals surface area (Å²) in [6.07, 6.45) is 6.68. The minimum absolute atomic E-state index is 0.0892. The number of ether oxygens (including phenoxy) is 1. The van der Waals surface area contributed by atoms with E-state index in [9.17, 15) is 4.79 Å². The van der Waals surface area contributed by atoms with Crippen molar-refractivity contribution >= 4 is 5.91 Å². The Kier molecular flexibility index (Phi) is 4.05. The summed E-state index contributed by atoms with van der Waals surface area (Å²) < 4.78 is 5.52. The molecule has 2 saturated carbocycles. The van der Waals surface area contributed by atoms with Crippen molar-refractivity contribution in [2.75, 3.05) is 19.8 Å². The highest BCUT2D eigenvalue weighted by molar-refractivity contribution is 5.82.